The Morgan fingerprint density at radius 1 is 0.600 bits per heavy atom. The van der Waals surface area contributed by atoms with Crippen LogP contribution in [0.2, 0.25) is 0 Å². The molecule has 2 nitrogen and oxygen atoms in total. The number of aryl methyl sites for hydroxylation is 1. The standard InChI is InChI=1S/C32H31NO.C18H15P.C6H5.Ni/c1-5-12-24-17-23(4)31(29(18-24)22(2)3)33-21-28-19-27(25-13-8-6-9-14-25)20-30(32(28)34)26-15-10-7-11-16-26;1-4-10-16(11-5-1)19(17-12-6-2-7-13-17)18-14-8-3-9-15-18;1-2-4-6-5-3-1;/h5-11,13-22,34H,1,12H2,2-4H3;1-15H;1-5H;/q;;-1;+2/p-1. The van der Waals surface area contributed by atoms with E-state index in [9.17, 15) is 5.11 Å². The van der Waals surface area contributed by atoms with E-state index < -0.39 is 7.92 Å². The first kappa shape index (κ1) is 45.0. The van der Waals surface area contributed by atoms with Gasteiger partial charge in [-0.3, -0.25) is 4.99 Å². The van der Waals surface area contributed by atoms with Crippen molar-refractivity contribution in [2.75, 3.05) is 0 Å². The van der Waals surface area contributed by atoms with Gasteiger partial charge in [-0.05, 0) is 99.7 Å². The Hall–Kier alpha value is -6.11. The summed E-state index contributed by atoms with van der Waals surface area (Å²) in [6, 6.07) is 73.1. The van der Waals surface area contributed by atoms with Gasteiger partial charge in [0, 0.05) is 6.21 Å². The number of rotatable bonds is 10. The van der Waals surface area contributed by atoms with E-state index in [1.54, 1.807) is 6.21 Å². The molecule has 0 aliphatic carbocycles. The summed E-state index contributed by atoms with van der Waals surface area (Å²) in [4.78, 5) is 4.88. The van der Waals surface area contributed by atoms with E-state index in [-0.39, 0.29) is 22.2 Å². The molecule has 0 saturated carbocycles. The molecule has 0 atom stereocenters. The number of hydrogen-bond acceptors (Lipinski definition) is 2. The monoisotopic (exact) mass is 841 g/mol. The predicted molar refractivity (Wildman–Crippen MR) is 254 cm³/mol. The second-order valence-electron chi connectivity index (χ2n) is 14.3. The van der Waals surface area contributed by atoms with E-state index >= 15 is 0 Å². The first-order valence-electron chi connectivity index (χ1n) is 20.0. The summed E-state index contributed by atoms with van der Waals surface area (Å²) in [6.07, 6.45) is 4.49. The summed E-state index contributed by atoms with van der Waals surface area (Å²) in [5.41, 5.74) is 8.72. The molecule has 8 rings (SSSR count). The Kier molecular flexibility index (Phi) is 17.6. The fourth-order valence-electron chi connectivity index (χ4n) is 6.82. The van der Waals surface area contributed by atoms with Crippen LogP contribution in [0.15, 0.2) is 224 Å². The van der Waals surface area contributed by atoms with E-state index in [0.717, 1.165) is 34.4 Å². The zero-order valence-corrected chi connectivity index (χ0v) is 36.3. The van der Waals surface area contributed by atoms with Crippen LogP contribution in [-0.4, -0.2) is 6.21 Å². The van der Waals surface area contributed by atoms with Gasteiger partial charge < -0.3 is 5.11 Å². The molecule has 0 bridgehead atoms. The van der Waals surface area contributed by atoms with Gasteiger partial charge in [0.05, 0.1) is 5.69 Å². The molecule has 8 aromatic rings. The summed E-state index contributed by atoms with van der Waals surface area (Å²) in [5, 5.41) is 17.7. The average molecular weight is 843 g/mol. The van der Waals surface area contributed by atoms with Crippen LogP contribution >= 0.6 is 7.92 Å². The van der Waals surface area contributed by atoms with Crippen molar-refractivity contribution in [3.05, 3.63) is 247 Å². The van der Waals surface area contributed by atoms with Crippen LogP contribution in [0.25, 0.3) is 22.3 Å². The zero-order valence-electron chi connectivity index (χ0n) is 34.4. The van der Waals surface area contributed by atoms with Crippen molar-refractivity contribution in [3.63, 3.8) is 0 Å². The Balaban J connectivity index is 0.000000218. The van der Waals surface area contributed by atoms with Crippen LogP contribution in [0.4, 0.5) is 5.69 Å². The molecule has 0 fully saturated rings. The minimum absolute atomic E-state index is 0. The zero-order chi connectivity index (χ0) is 41.2. The van der Waals surface area contributed by atoms with Gasteiger partial charge in [0.25, 0.3) is 0 Å². The van der Waals surface area contributed by atoms with E-state index in [1.165, 1.54) is 27.0 Å². The maximum atomic E-state index is 13.5. The van der Waals surface area contributed by atoms with Crippen molar-refractivity contribution in [2.45, 2.75) is 33.1 Å². The van der Waals surface area contributed by atoms with Gasteiger partial charge in [-0.25, -0.2) is 0 Å². The fourth-order valence-corrected chi connectivity index (χ4v) is 9.12. The van der Waals surface area contributed by atoms with Gasteiger partial charge in [-0.1, -0.05) is 189 Å². The summed E-state index contributed by atoms with van der Waals surface area (Å²) < 4.78 is 0. The summed E-state index contributed by atoms with van der Waals surface area (Å²) in [5.74, 6) is 0.305. The van der Waals surface area contributed by atoms with Crippen LogP contribution in [0.3, 0.4) is 0 Å². The van der Waals surface area contributed by atoms with Crippen molar-refractivity contribution < 1.29 is 21.6 Å². The SMILES string of the molecule is C=CCc1cc(C)c(N=Cc2cc(-c3ccccc3)cc(-c3ccccc3)c2[O-])c(C(C)C)c1.[Ni+2].[c-]1ccccc1.c1ccc(P(c2ccccc2)c2ccccc2)cc1. The normalized spacial score (nSPS) is 10.6. The van der Waals surface area contributed by atoms with Gasteiger partial charge in [-0.15, -0.1) is 6.58 Å². The minimum atomic E-state index is -0.446. The first-order chi connectivity index (χ1) is 28.9. The molecule has 0 aromatic heterocycles. The molecule has 60 heavy (non-hydrogen) atoms. The Bertz CT molecular complexity index is 2390. The van der Waals surface area contributed by atoms with Crippen molar-refractivity contribution in [1.82, 2.24) is 0 Å². The summed E-state index contributed by atoms with van der Waals surface area (Å²) >= 11 is 0. The maximum absolute atomic E-state index is 13.5. The van der Waals surface area contributed by atoms with Crippen LogP contribution < -0.4 is 21.0 Å². The fraction of sp³-hybridized carbons (Fsp3) is 0.0893. The first-order valence-corrected chi connectivity index (χ1v) is 21.4. The molecule has 4 heteroatoms. The quantitative estimate of drug-likeness (QED) is 0.0444. The van der Waals surface area contributed by atoms with Crippen LogP contribution in [-0.2, 0) is 22.9 Å². The van der Waals surface area contributed by atoms with Crippen molar-refractivity contribution in [3.8, 4) is 28.0 Å². The minimum Gasteiger partial charge on any atom is -0.872 e. The van der Waals surface area contributed by atoms with Crippen molar-refractivity contribution in [2.24, 2.45) is 4.99 Å². The predicted octanol–water partition coefficient (Wildman–Crippen LogP) is 12.9. The molecule has 0 spiro atoms. The van der Waals surface area contributed by atoms with Crippen LogP contribution in [0.1, 0.15) is 42.0 Å². The van der Waals surface area contributed by atoms with Gasteiger partial charge >= 0.3 is 16.5 Å². The topological polar surface area (TPSA) is 35.4 Å². The number of benzene rings is 8. The second-order valence-corrected chi connectivity index (χ2v) is 16.6. The number of aliphatic imine (C=N–C) groups is 1. The van der Waals surface area contributed by atoms with E-state index in [1.807, 2.05) is 97.1 Å². The molecule has 8 aromatic carbocycles. The third-order valence-corrected chi connectivity index (χ3v) is 12.1. The number of nitrogens with zero attached hydrogens (tertiary/aromatic N) is 1. The van der Waals surface area contributed by atoms with Gasteiger partial charge in [0.15, 0.2) is 0 Å². The van der Waals surface area contributed by atoms with Crippen LogP contribution in [0, 0.1) is 13.0 Å². The maximum Gasteiger partial charge on any atom is 2.00 e. The largest absolute Gasteiger partial charge is 2.00 e. The van der Waals surface area contributed by atoms with E-state index in [2.05, 4.69) is 149 Å². The molecule has 0 saturated heterocycles. The molecule has 0 unspecified atom stereocenters. The molecule has 300 valence electrons. The van der Waals surface area contributed by atoms with Crippen molar-refractivity contribution >= 4 is 35.7 Å². The molecular formula is C56H50NNiOP. The van der Waals surface area contributed by atoms with Crippen LogP contribution in [0.5, 0.6) is 5.75 Å². The number of hydrogen-bond donors (Lipinski definition) is 0. The summed E-state index contributed by atoms with van der Waals surface area (Å²) in [6.45, 7) is 10.3. The Morgan fingerprint density at radius 3 is 1.50 bits per heavy atom. The van der Waals surface area contributed by atoms with Gasteiger partial charge in [0.1, 0.15) is 0 Å². The third-order valence-electron chi connectivity index (χ3n) is 9.68. The molecule has 0 N–H and O–H groups in total. The number of allylic oxidation sites excluding steroid dienone is 1. The molecule has 0 aliphatic rings. The molecule has 0 heterocycles. The summed E-state index contributed by atoms with van der Waals surface area (Å²) in [7, 11) is -0.446. The van der Waals surface area contributed by atoms with Gasteiger partial charge in [-0.2, -0.15) is 36.4 Å². The van der Waals surface area contributed by atoms with Crippen molar-refractivity contribution in [1.29, 1.82) is 0 Å². The van der Waals surface area contributed by atoms with E-state index in [0.29, 0.717) is 17.0 Å². The molecule has 0 amide bonds. The Labute approximate surface area is 368 Å². The van der Waals surface area contributed by atoms with E-state index in [4.69, 9.17) is 4.99 Å². The smallest absolute Gasteiger partial charge is 0.872 e. The molecule has 0 aliphatic heterocycles. The van der Waals surface area contributed by atoms with Gasteiger partial charge in [0.2, 0.25) is 0 Å². The average Bonchev–Trinajstić information content (AvgIpc) is 3.29. The molecular weight excluding hydrogens is 792 g/mol. The Morgan fingerprint density at radius 2 is 1.07 bits per heavy atom. The third kappa shape index (κ3) is 12.5. The second kappa shape index (κ2) is 23.5. The molecule has 0 radical (unpaired) electrons.